The molecule has 2 rings (SSSR count). The summed E-state index contributed by atoms with van der Waals surface area (Å²) in [7, 11) is -3.63. The molecular weight excluding hydrogens is 274 g/mol. The first-order valence-electron chi connectivity index (χ1n) is 6.23. The van der Waals surface area contributed by atoms with E-state index in [9.17, 15) is 8.42 Å². The Balaban J connectivity index is 2.01. The van der Waals surface area contributed by atoms with Crippen LogP contribution in [-0.4, -0.2) is 13.4 Å². The average molecular weight is 291 g/mol. The summed E-state index contributed by atoms with van der Waals surface area (Å²) in [6.07, 6.45) is 1.75. The summed E-state index contributed by atoms with van der Waals surface area (Å²) in [6.45, 7) is 2.66. The van der Waals surface area contributed by atoms with E-state index in [4.69, 9.17) is 5.14 Å². The van der Waals surface area contributed by atoms with E-state index in [0.717, 1.165) is 11.3 Å². The smallest absolute Gasteiger partial charge is 0.238 e. The molecule has 3 N–H and O–H groups in total. The molecule has 1 aromatic heterocycles. The standard InChI is InChI=1S/C14H17N3O2S/c1-11(17-10-13-4-2-3-9-16-13)12-5-7-14(8-6-12)20(15,18)19/h2-9,11,17H,10H2,1H3,(H2,15,18,19). The molecule has 0 bridgehead atoms. The summed E-state index contributed by atoms with van der Waals surface area (Å²) < 4.78 is 22.4. The van der Waals surface area contributed by atoms with Crippen molar-refractivity contribution in [2.75, 3.05) is 0 Å². The highest BCUT2D eigenvalue weighted by atomic mass is 32.2. The van der Waals surface area contributed by atoms with Gasteiger partial charge in [0, 0.05) is 18.8 Å². The molecule has 0 saturated carbocycles. The van der Waals surface area contributed by atoms with Gasteiger partial charge < -0.3 is 5.32 Å². The number of sulfonamides is 1. The number of nitrogens with one attached hydrogen (secondary N) is 1. The van der Waals surface area contributed by atoms with E-state index in [1.165, 1.54) is 12.1 Å². The van der Waals surface area contributed by atoms with Gasteiger partial charge in [0.25, 0.3) is 0 Å². The van der Waals surface area contributed by atoms with Crippen molar-refractivity contribution in [2.24, 2.45) is 5.14 Å². The van der Waals surface area contributed by atoms with Crippen LogP contribution in [0.1, 0.15) is 24.2 Å². The normalized spacial score (nSPS) is 13.1. The van der Waals surface area contributed by atoms with Crippen LogP contribution >= 0.6 is 0 Å². The highest BCUT2D eigenvalue weighted by Crippen LogP contribution is 2.15. The Morgan fingerprint density at radius 1 is 1.20 bits per heavy atom. The van der Waals surface area contributed by atoms with E-state index in [0.29, 0.717) is 6.54 Å². The number of nitrogens with zero attached hydrogens (tertiary/aromatic N) is 1. The fraction of sp³-hybridized carbons (Fsp3) is 0.214. The maximum atomic E-state index is 11.2. The molecule has 0 fully saturated rings. The number of benzene rings is 1. The van der Waals surface area contributed by atoms with Gasteiger partial charge in [0.15, 0.2) is 0 Å². The van der Waals surface area contributed by atoms with Gasteiger partial charge in [-0.2, -0.15) is 0 Å². The molecule has 20 heavy (non-hydrogen) atoms. The maximum Gasteiger partial charge on any atom is 0.238 e. The molecule has 5 nitrogen and oxygen atoms in total. The van der Waals surface area contributed by atoms with Gasteiger partial charge in [-0.1, -0.05) is 18.2 Å². The van der Waals surface area contributed by atoms with Gasteiger partial charge in [-0.15, -0.1) is 0 Å². The Morgan fingerprint density at radius 3 is 2.45 bits per heavy atom. The molecule has 0 spiro atoms. The molecular formula is C14H17N3O2S. The minimum atomic E-state index is -3.63. The summed E-state index contributed by atoms with van der Waals surface area (Å²) in [4.78, 5) is 4.36. The molecule has 0 saturated heterocycles. The molecule has 6 heteroatoms. The molecule has 1 heterocycles. The zero-order valence-corrected chi connectivity index (χ0v) is 12.0. The second-order valence-corrected chi connectivity index (χ2v) is 6.10. The largest absolute Gasteiger partial charge is 0.305 e. The van der Waals surface area contributed by atoms with Gasteiger partial charge in [-0.3, -0.25) is 4.98 Å². The van der Waals surface area contributed by atoms with E-state index in [1.54, 1.807) is 18.3 Å². The lowest BCUT2D eigenvalue weighted by Crippen LogP contribution is -2.19. The van der Waals surface area contributed by atoms with Gasteiger partial charge in [-0.25, -0.2) is 13.6 Å². The zero-order chi connectivity index (χ0) is 14.6. The molecule has 1 unspecified atom stereocenters. The molecule has 0 amide bonds. The van der Waals surface area contributed by atoms with E-state index in [-0.39, 0.29) is 10.9 Å². The van der Waals surface area contributed by atoms with E-state index in [2.05, 4.69) is 10.3 Å². The third-order valence-corrected chi connectivity index (χ3v) is 3.95. The second-order valence-electron chi connectivity index (χ2n) is 4.54. The second kappa shape index (κ2) is 6.13. The Labute approximate surface area is 118 Å². The Bertz CT molecular complexity index is 655. The lowest BCUT2D eigenvalue weighted by Gasteiger charge is -2.14. The SMILES string of the molecule is CC(NCc1ccccn1)c1ccc(S(N)(=O)=O)cc1. The van der Waals surface area contributed by atoms with E-state index < -0.39 is 10.0 Å². The van der Waals surface area contributed by atoms with Crippen molar-refractivity contribution >= 4 is 10.0 Å². The van der Waals surface area contributed by atoms with Gasteiger partial charge in [0.2, 0.25) is 10.0 Å². The van der Waals surface area contributed by atoms with Crippen LogP contribution in [0, 0.1) is 0 Å². The third kappa shape index (κ3) is 3.86. The van der Waals surface area contributed by atoms with E-state index >= 15 is 0 Å². The highest BCUT2D eigenvalue weighted by Gasteiger charge is 2.09. The number of nitrogens with two attached hydrogens (primary N) is 1. The van der Waals surface area contributed by atoms with Crippen LogP contribution in [0.3, 0.4) is 0 Å². The summed E-state index contributed by atoms with van der Waals surface area (Å²) in [5.41, 5.74) is 1.95. The quantitative estimate of drug-likeness (QED) is 0.876. The van der Waals surface area contributed by atoms with Crippen molar-refractivity contribution in [3.63, 3.8) is 0 Å². The molecule has 0 aliphatic rings. The van der Waals surface area contributed by atoms with Crippen LogP contribution in [-0.2, 0) is 16.6 Å². The fourth-order valence-electron chi connectivity index (χ4n) is 1.82. The van der Waals surface area contributed by atoms with Crippen molar-refractivity contribution in [3.05, 3.63) is 59.9 Å². The summed E-state index contributed by atoms with van der Waals surface area (Å²) in [6, 6.07) is 12.4. The van der Waals surface area contributed by atoms with Crippen LogP contribution in [0.4, 0.5) is 0 Å². The van der Waals surface area contributed by atoms with Crippen LogP contribution < -0.4 is 10.5 Å². The van der Waals surface area contributed by atoms with Crippen molar-refractivity contribution < 1.29 is 8.42 Å². The molecule has 0 aliphatic heterocycles. The first-order valence-corrected chi connectivity index (χ1v) is 7.77. The van der Waals surface area contributed by atoms with Crippen LogP contribution in [0.2, 0.25) is 0 Å². The van der Waals surface area contributed by atoms with Gasteiger partial charge >= 0.3 is 0 Å². The highest BCUT2D eigenvalue weighted by molar-refractivity contribution is 7.89. The molecule has 1 atom stereocenters. The lowest BCUT2D eigenvalue weighted by molar-refractivity contribution is 0.567. The number of rotatable bonds is 5. The van der Waals surface area contributed by atoms with Crippen molar-refractivity contribution in [2.45, 2.75) is 24.4 Å². The molecule has 0 aliphatic carbocycles. The molecule has 106 valence electrons. The van der Waals surface area contributed by atoms with Crippen LogP contribution in [0.25, 0.3) is 0 Å². The summed E-state index contributed by atoms with van der Waals surface area (Å²) >= 11 is 0. The zero-order valence-electron chi connectivity index (χ0n) is 11.2. The van der Waals surface area contributed by atoms with E-state index in [1.807, 2.05) is 25.1 Å². The summed E-state index contributed by atoms with van der Waals surface area (Å²) in [5.74, 6) is 0. The Morgan fingerprint density at radius 2 is 1.90 bits per heavy atom. The van der Waals surface area contributed by atoms with Crippen molar-refractivity contribution in [1.82, 2.24) is 10.3 Å². The number of hydrogen-bond acceptors (Lipinski definition) is 4. The van der Waals surface area contributed by atoms with Crippen LogP contribution in [0.15, 0.2) is 53.6 Å². The maximum absolute atomic E-state index is 11.2. The minimum absolute atomic E-state index is 0.0894. The predicted molar refractivity (Wildman–Crippen MR) is 77.3 cm³/mol. The number of hydrogen-bond donors (Lipinski definition) is 2. The fourth-order valence-corrected chi connectivity index (χ4v) is 2.34. The average Bonchev–Trinajstić information content (AvgIpc) is 2.45. The number of pyridine rings is 1. The van der Waals surface area contributed by atoms with Crippen molar-refractivity contribution in [1.29, 1.82) is 0 Å². The van der Waals surface area contributed by atoms with Gasteiger partial charge in [0.05, 0.1) is 10.6 Å². The third-order valence-electron chi connectivity index (χ3n) is 3.02. The Kier molecular flexibility index (Phi) is 4.49. The topological polar surface area (TPSA) is 85.1 Å². The molecule has 2 aromatic rings. The number of aromatic nitrogens is 1. The molecule has 1 aromatic carbocycles. The first kappa shape index (κ1) is 14.6. The monoisotopic (exact) mass is 291 g/mol. The van der Waals surface area contributed by atoms with Gasteiger partial charge in [0.1, 0.15) is 0 Å². The first-order chi connectivity index (χ1) is 9.47. The lowest BCUT2D eigenvalue weighted by atomic mass is 10.1. The number of primary sulfonamides is 1. The molecule has 0 radical (unpaired) electrons. The Hall–Kier alpha value is -1.76. The predicted octanol–water partition coefficient (Wildman–Crippen LogP) is 1.58. The summed E-state index contributed by atoms with van der Waals surface area (Å²) in [5, 5.41) is 8.40. The minimum Gasteiger partial charge on any atom is -0.305 e. The van der Waals surface area contributed by atoms with Crippen molar-refractivity contribution in [3.8, 4) is 0 Å². The van der Waals surface area contributed by atoms with Crippen LogP contribution in [0.5, 0.6) is 0 Å². The van der Waals surface area contributed by atoms with Gasteiger partial charge in [-0.05, 0) is 36.8 Å².